The van der Waals surface area contributed by atoms with Crippen molar-refractivity contribution in [3.05, 3.63) is 12.7 Å². The molecule has 0 bridgehead atoms. The fraction of sp³-hybridized carbons (Fsp3) is 0.733. The summed E-state index contributed by atoms with van der Waals surface area (Å²) in [5, 5.41) is 5.30. The maximum atomic E-state index is 11.7. The molecule has 6 heteroatoms. The molecule has 0 aliphatic carbocycles. The van der Waals surface area contributed by atoms with Crippen molar-refractivity contribution in [3.63, 3.8) is 0 Å². The van der Waals surface area contributed by atoms with E-state index in [1.807, 2.05) is 0 Å². The highest BCUT2D eigenvalue weighted by molar-refractivity contribution is 5.69. The molecule has 0 saturated carbocycles. The minimum absolute atomic E-state index is 0.236. The predicted octanol–water partition coefficient (Wildman–Crippen LogP) is 2.98. The molecule has 0 aromatic carbocycles. The number of carbonyl (C=O) groups is 2. The van der Waals surface area contributed by atoms with Gasteiger partial charge in [0, 0.05) is 6.54 Å². The first-order valence-electron chi connectivity index (χ1n) is 7.00. The highest BCUT2D eigenvalue weighted by Gasteiger charge is 2.20. The third-order valence-electron chi connectivity index (χ3n) is 2.06. The molecule has 0 radical (unpaired) electrons. The van der Waals surface area contributed by atoms with Crippen LogP contribution in [0.2, 0.25) is 0 Å². The zero-order valence-corrected chi connectivity index (χ0v) is 13.9. The van der Waals surface area contributed by atoms with Crippen LogP contribution in [0.5, 0.6) is 0 Å². The summed E-state index contributed by atoms with van der Waals surface area (Å²) in [6.45, 7) is 14.6. The van der Waals surface area contributed by atoms with E-state index in [0.29, 0.717) is 6.42 Å². The van der Waals surface area contributed by atoms with Crippen molar-refractivity contribution >= 4 is 12.2 Å². The molecule has 0 aliphatic rings. The molecule has 2 amide bonds. The van der Waals surface area contributed by atoms with Crippen LogP contribution >= 0.6 is 0 Å². The minimum Gasteiger partial charge on any atom is -0.444 e. The maximum absolute atomic E-state index is 11.7. The van der Waals surface area contributed by atoms with Crippen molar-refractivity contribution in [1.29, 1.82) is 0 Å². The normalized spacial score (nSPS) is 13.0. The van der Waals surface area contributed by atoms with Gasteiger partial charge in [0.15, 0.2) is 0 Å². The summed E-state index contributed by atoms with van der Waals surface area (Å²) in [5.41, 5.74) is -1.13. The lowest BCUT2D eigenvalue weighted by Gasteiger charge is -2.24. The molecule has 0 heterocycles. The third kappa shape index (κ3) is 11.8. The van der Waals surface area contributed by atoms with Gasteiger partial charge in [0.25, 0.3) is 0 Å². The van der Waals surface area contributed by atoms with Crippen LogP contribution in [-0.2, 0) is 9.47 Å². The van der Waals surface area contributed by atoms with Crippen molar-refractivity contribution in [1.82, 2.24) is 10.6 Å². The van der Waals surface area contributed by atoms with Gasteiger partial charge in [-0.1, -0.05) is 6.08 Å². The van der Waals surface area contributed by atoms with Crippen molar-refractivity contribution in [2.24, 2.45) is 0 Å². The Morgan fingerprint density at radius 3 is 1.95 bits per heavy atom. The number of rotatable bonds is 5. The number of alkyl carbamates (subject to hydrolysis) is 2. The van der Waals surface area contributed by atoms with E-state index < -0.39 is 23.4 Å². The summed E-state index contributed by atoms with van der Waals surface area (Å²) in [6.07, 6.45) is 1.12. The molecule has 0 aromatic rings. The van der Waals surface area contributed by atoms with Crippen LogP contribution < -0.4 is 10.6 Å². The fourth-order valence-corrected chi connectivity index (χ4v) is 1.39. The Kier molecular flexibility index (Phi) is 7.26. The molecule has 0 saturated heterocycles. The number of carbonyl (C=O) groups excluding carboxylic acids is 2. The zero-order chi connectivity index (χ0) is 16.7. The largest absolute Gasteiger partial charge is 0.444 e. The number of ether oxygens (including phenoxy) is 2. The van der Waals surface area contributed by atoms with Gasteiger partial charge in [-0.15, -0.1) is 6.58 Å². The summed E-state index contributed by atoms with van der Waals surface area (Å²) < 4.78 is 10.3. The van der Waals surface area contributed by atoms with Gasteiger partial charge in [-0.3, -0.25) is 0 Å². The summed E-state index contributed by atoms with van der Waals surface area (Å²) in [6, 6.07) is -0.301. The zero-order valence-electron chi connectivity index (χ0n) is 13.9. The molecule has 0 aliphatic heterocycles. The van der Waals surface area contributed by atoms with Crippen LogP contribution in [0.3, 0.4) is 0 Å². The van der Waals surface area contributed by atoms with Crippen LogP contribution in [0.4, 0.5) is 9.59 Å². The Balaban J connectivity index is 4.34. The van der Waals surface area contributed by atoms with E-state index in [1.165, 1.54) is 0 Å². The lowest BCUT2D eigenvalue weighted by molar-refractivity contribution is 0.0464. The van der Waals surface area contributed by atoms with E-state index in [2.05, 4.69) is 17.2 Å². The Hall–Kier alpha value is -1.72. The van der Waals surface area contributed by atoms with Gasteiger partial charge in [-0.05, 0) is 48.0 Å². The van der Waals surface area contributed by atoms with E-state index in [0.717, 1.165) is 0 Å². The molecule has 6 nitrogen and oxygen atoms in total. The van der Waals surface area contributed by atoms with Crippen LogP contribution in [0, 0.1) is 0 Å². The summed E-state index contributed by atoms with van der Waals surface area (Å²) in [5.74, 6) is 0. The number of nitrogens with one attached hydrogen (secondary N) is 2. The molecule has 0 fully saturated rings. The van der Waals surface area contributed by atoms with Crippen LogP contribution in [0.15, 0.2) is 12.7 Å². The molecule has 0 rings (SSSR count). The quantitative estimate of drug-likeness (QED) is 0.765. The first-order chi connectivity index (χ1) is 9.43. The Morgan fingerprint density at radius 2 is 1.52 bits per heavy atom. The van der Waals surface area contributed by atoms with Crippen LogP contribution in [0.25, 0.3) is 0 Å². The molecule has 1 unspecified atom stereocenters. The summed E-state index contributed by atoms with van der Waals surface area (Å²) >= 11 is 0. The second-order valence-corrected chi connectivity index (χ2v) is 6.75. The Labute approximate surface area is 127 Å². The third-order valence-corrected chi connectivity index (χ3v) is 2.06. The van der Waals surface area contributed by atoms with Gasteiger partial charge >= 0.3 is 12.2 Å². The summed E-state index contributed by atoms with van der Waals surface area (Å²) in [4.78, 5) is 23.3. The van der Waals surface area contributed by atoms with Crippen molar-refractivity contribution in [2.75, 3.05) is 6.54 Å². The topological polar surface area (TPSA) is 76.7 Å². The van der Waals surface area contributed by atoms with Crippen molar-refractivity contribution in [2.45, 2.75) is 65.2 Å². The Bertz CT molecular complexity index is 367. The number of hydrogen-bond donors (Lipinski definition) is 2. The first-order valence-corrected chi connectivity index (χ1v) is 7.00. The number of amides is 2. The van der Waals surface area contributed by atoms with Gasteiger partial charge < -0.3 is 20.1 Å². The van der Waals surface area contributed by atoms with Gasteiger partial charge in [0.1, 0.15) is 11.2 Å². The van der Waals surface area contributed by atoms with Crippen LogP contribution in [-0.4, -0.2) is 36.0 Å². The number of hydrogen-bond acceptors (Lipinski definition) is 4. The summed E-state index contributed by atoms with van der Waals surface area (Å²) in [7, 11) is 0. The molecule has 122 valence electrons. The fourth-order valence-electron chi connectivity index (χ4n) is 1.39. The molecule has 0 spiro atoms. The average Bonchev–Trinajstić information content (AvgIpc) is 2.21. The van der Waals surface area contributed by atoms with E-state index >= 15 is 0 Å². The Morgan fingerprint density at radius 1 is 1.05 bits per heavy atom. The molecular weight excluding hydrogens is 272 g/mol. The lowest BCUT2D eigenvalue weighted by atomic mass is 10.2. The SMILES string of the molecule is C=CCC(CNC(=O)OC(C)(C)C)NC(=O)OC(C)(C)C. The maximum Gasteiger partial charge on any atom is 0.407 e. The van der Waals surface area contributed by atoms with Crippen molar-refractivity contribution in [3.8, 4) is 0 Å². The van der Waals surface area contributed by atoms with E-state index in [9.17, 15) is 9.59 Å². The second kappa shape index (κ2) is 7.90. The molecule has 1 atom stereocenters. The van der Waals surface area contributed by atoms with Crippen LogP contribution in [0.1, 0.15) is 48.0 Å². The van der Waals surface area contributed by atoms with Gasteiger partial charge in [-0.25, -0.2) is 9.59 Å². The monoisotopic (exact) mass is 300 g/mol. The van der Waals surface area contributed by atoms with Gasteiger partial charge in [0.2, 0.25) is 0 Å². The molecular formula is C15H28N2O4. The standard InChI is InChI=1S/C15H28N2O4/c1-8-9-11(17-13(19)21-15(5,6)7)10-16-12(18)20-14(2,3)4/h8,11H,1,9-10H2,2-7H3,(H,16,18)(H,17,19). The van der Waals surface area contributed by atoms with E-state index in [1.54, 1.807) is 47.6 Å². The smallest absolute Gasteiger partial charge is 0.407 e. The lowest BCUT2D eigenvalue weighted by Crippen LogP contribution is -2.46. The molecule has 0 aromatic heterocycles. The minimum atomic E-state index is -0.568. The predicted molar refractivity (Wildman–Crippen MR) is 82.2 cm³/mol. The van der Waals surface area contributed by atoms with E-state index in [4.69, 9.17) is 9.47 Å². The van der Waals surface area contributed by atoms with Gasteiger partial charge in [-0.2, -0.15) is 0 Å². The second-order valence-electron chi connectivity index (χ2n) is 6.75. The highest BCUT2D eigenvalue weighted by atomic mass is 16.6. The molecule has 21 heavy (non-hydrogen) atoms. The molecule has 2 N–H and O–H groups in total. The van der Waals surface area contributed by atoms with E-state index in [-0.39, 0.29) is 12.6 Å². The van der Waals surface area contributed by atoms with Crippen molar-refractivity contribution < 1.29 is 19.1 Å². The highest BCUT2D eigenvalue weighted by Crippen LogP contribution is 2.08. The first kappa shape index (κ1) is 19.3. The average molecular weight is 300 g/mol. The van der Waals surface area contributed by atoms with Gasteiger partial charge in [0.05, 0.1) is 6.04 Å².